The van der Waals surface area contributed by atoms with Crippen molar-refractivity contribution in [2.75, 3.05) is 0 Å². The predicted octanol–water partition coefficient (Wildman–Crippen LogP) is -19.8. The smallest absolute Gasteiger partial charge is 0.402 e. The van der Waals surface area contributed by atoms with Gasteiger partial charge in [-0.05, 0) is 16.7 Å². The molecule has 36 N–H and O–H groups in total. The first-order valence-electron chi connectivity index (χ1n) is 15.9. The largest absolute Gasteiger partial charge is 0.631 e. The number of hydrogen-bond acceptors (Lipinski definition) is 36. The minimum atomic E-state index is -2.17. The van der Waals surface area contributed by atoms with E-state index in [1.54, 1.807) is 0 Å². The molecule has 0 heterocycles. The molecule has 0 unspecified atom stereocenters. The normalized spacial score (nSPS) is 7.84. The van der Waals surface area contributed by atoms with Gasteiger partial charge in [-0.2, -0.15) is 0 Å². The lowest BCUT2D eigenvalue weighted by Gasteiger charge is -2.18. The Balaban J connectivity index is -0.0000000719. The first-order valence-corrected chi connectivity index (χ1v) is 15.9. The average Bonchev–Trinajstić information content (AvgIpc) is 3.07. The number of hydrogen-bond donors (Lipinski definition) is 36. The Kier molecular flexibility index (Phi) is 87.5. The van der Waals surface area contributed by atoms with E-state index in [1.807, 2.05) is 0 Å². The van der Waals surface area contributed by atoms with Gasteiger partial charge in [0.05, 0.1) is 0 Å². The fourth-order valence-electron chi connectivity index (χ4n) is 2.51. The van der Waals surface area contributed by atoms with Gasteiger partial charge in [-0.3, -0.25) is 0 Å². The second kappa shape index (κ2) is 67.3. The SMILES string of the molecule is OB(O)O.OB(O)O.OB(O)O.OB(O)O.OB(O)O.OB(O)O.OB(O)O.OB(O)O.OB(O)O.OB(O)O.OB(O)O.OB(O)O.c1ccc(C(c2ccccc2)c2ccccc2)cc1. The zero-order chi connectivity index (χ0) is 55.8. The molecule has 0 saturated carbocycles. The van der Waals surface area contributed by atoms with Crippen molar-refractivity contribution in [1.29, 1.82) is 0 Å². The van der Waals surface area contributed by atoms with E-state index in [9.17, 15) is 0 Å². The topological polar surface area (TPSA) is 728 Å². The van der Waals surface area contributed by atoms with Crippen LogP contribution in [0.15, 0.2) is 91.0 Å². The van der Waals surface area contributed by atoms with Gasteiger partial charge in [0, 0.05) is 5.92 Å². The Hall–Kier alpha value is -3.00. The van der Waals surface area contributed by atoms with Crippen LogP contribution in [0.2, 0.25) is 0 Å². The van der Waals surface area contributed by atoms with Gasteiger partial charge in [0.25, 0.3) is 0 Å². The van der Waals surface area contributed by atoms with E-state index in [2.05, 4.69) is 91.0 Å². The standard InChI is InChI=1S/C19H16.12BH3O3/c1-4-10-16(11-5-1)19(17-12-6-2-7-13-17)18-14-8-3-9-15-18;12*2-1(3)4/h1-15,19H;12*2-4H. The Bertz CT molecular complexity index is 983. The Morgan fingerprint density at radius 2 is 0.239 bits per heavy atom. The van der Waals surface area contributed by atoms with Crippen LogP contribution in [-0.4, -0.2) is 269 Å². The number of benzene rings is 3. The van der Waals surface area contributed by atoms with Gasteiger partial charge >= 0.3 is 87.9 Å². The van der Waals surface area contributed by atoms with Crippen molar-refractivity contribution >= 4 is 87.9 Å². The monoisotopic (exact) mass is 988 g/mol. The van der Waals surface area contributed by atoms with Gasteiger partial charge in [-0.25, -0.2) is 0 Å². The van der Waals surface area contributed by atoms with Gasteiger partial charge in [-0.15, -0.1) is 0 Å². The van der Waals surface area contributed by atoms with Crippen molar-refractivity contribution < 1.29 is 181 Å². The highest BCUT2D eigenvalue weighted by molar-refractivity contribution is 6.33. The van der Waals surface area contributed by atoms with E-state index in [1.165, 1.54) is 16.7 Å². The van der Waals surface area contributed by atoms with Crippen LogP contribution in [-0.2, 0) is 0 Å². The van der Waals surface area contributed by atoms with Crippen LogP contribution in [0.3, 0.4) is 0 Å². The fourth-order valence-corrected chi connectivity index (χ4v) is 2.51. The lowest BCUT2D eigenvalue weighted by molar-refractivity contribution is 0.276. The van der Waals surface area contributed by atoms with Gasteiger partial charge in [-0.1, -0.05) is 91.0 Å². The van der Waals surface area contributed by atoms with Crippen LogP contribution in [0.5, 0.6) is 0 Å². The summed E-state index contributed by atoms with van der Waals surface area (Å²) in [6, 6.07) is 32.0. The molecule has 0 aliphatic rings. The lowest BCUT2D eigenvalue weighted by Crippen LogP contribution is -2.07. The van der Waals surface area contributed by atoms with E-state index in [0.717, 1.165) is 0 Å². The molecule has 0 atom stereocenters. The van der Waals surface area contributed by atoms with Crippen LogP contribution in [0.25, 0.3) is 0 Å². The van der Waals surface area contributed by atoms with Crippen molar-refractivity contribution in [2.24, 2.45) is 0 Å². The molecule has 3 rings (SSSR count). The summed E-state index contributed by atoms with van der Waals surface area (Å²) in [4.78, 5) is 0. The van der Waals surface area contributed by atoms with Crippen molar-refractivity contribution in [3.05, 3.63) is 108 Å². The molecule has 3 aromatic rings. The molecule has 0 aliphatic heterocycles. The van der Waals surface area contributed by atoms with E-state index >= 15 is 0 Å². The Labute approximate surface area is 382 Å². The quantitative estimate of drug-likeness (QED) is 0.0856. The van der Waals surface area contributed by atoms with Gasteiger partial charge < -0.3 is 181 Å². The van der Waals surface area contributed by atoms with E-state index in [-0.39, 0.29) is 0 Å². The van der Waals surface area contributed by atoms with E-state index in [4.69, 9.17) is 181 Å². The molecular formula is C19H52B12O36. The third-order valence-electron chi connectivity index (χ3n) is 3.40. The van der Waals surface area contributed by atoms with Crippen LogP contribution < -0.4 is 0 Å². The summed E-state index contributed by atoms with van der Waals surface area (Å²) in [6.45, 7) is 0. The maximum atomic E-state index is 7.17. The van der Waals surface area contributed by atoms with E-state index in [0.29, 0.717) is 5.92 Å². The maximum Gasteiger partial charge on any atom is 0.631 e. The summed E-state index contributed by atoms with van der Waals surface area (Å²) in [5.41, 5.74) is 4.00. The Morgan fingerprint density at radius 1 is 0.164 bits per heavy atom. The highest BCUT2D eigenvalue weighted by Gasteiger charge is 2.15. The third kappa shape index (κ3) is 215. The summed E-state index contributed by atoms with van der Waals surface area (Å²) < 4.78 is 0. The lowest BCUT2D eigenvalue weighted by atomic mass is 9.85. The summed E-state index contributed by atoms with van der Waals surface area (Å²) in [5.74, 6) is 0.309. The first kappa shape index (κ1) is 87.1. The van der Waals surface area contributed by atoms with Crippen molar-refractivity contribution in [3.63, 3.8) is 0 Å². The zero-order valence-corrected chi connectivity index (χ0v) is 33.8. The molecular weight excluding hydrogens is 934 g/mol. The highest BCUT2D eigenvalue weighted by Crippen LogP contribution is 2.31. The predicted molar refractivity (Wildman–Crippen MR) is 229 cm³/mol. The summed E-state index contributed by atoms with van der Waals surface area (Å²) >= 11 is 0. The zero-order valence-electron chi connectivity index (χ0n) is 33.8. The Morgan fingerprint density at radius 3 is 0.313 bits per heavy atom. The minimum Gasteiger partial charge on any atom is -0.402 e. The molecule has 380 valence electrons. The van der Waals surface area contributed by atoms with E-state index < -0.39 is 87.9 Å². The minimum absolute atomic E-state index is 0.309. The molecule has 3 aromatic carbocycles. The van der Waals surface area contributed by atoms with Crippen LogP contribution in [0.1, 0.15) is 22.6 Å². The third-order valence-corrected chi connectivity index (χ3v) is 3.40. The van der Waals surface area contributed by atoms with Crippen molar-refractivity contribution in [1.82, 2.24) is 0 Å². The van der Waals surface area contributed by atoms with Crippen LogP contribution >= 0.6 is 0 Å². The van der Waals surface area contributed by atoms with Gasteiger partial charge in [0.2, 0.25) is 0 Å². The molecule has 0 bridgehead atoms. The molecule has 0 aliphatic carbocycles. The highest BCUT2D eigenvalue weighted by atomic mass is 16.6. The molecule has 0 fully saturated rings. The van der Waals surface area contributed by atoms with Crippen LogP contribution in [0, 0.1) is 0 Å². The van der Waals surface area contributed by atoms with Gasteiger partial charge in [0.15, 0.2) is 0 Å². The van der Waals surface area contributed by atoms with Crippen molar-refractivity contribution in [2.45, 2.75) is 5.92 Å². The summed E-state index contributed by atoms with van der Waals surface area (Å²) in [5, 5.41) is 258. The molecule has 0 amide bonds. The average molecular weight is 986 g/mol. The van der Waals surface area contributed by atoms with Crippen molar-refractivity contribution in [3.8, 4) is 0 Å². The van der Waals surface area contributed by atoms with Gasteiger partial charge in [0.1, 0.15) is 0 Å². The second-order valence-corrected chi connectivity index (χ2v) is 8.82. The maximum absolute atomic E-state index is 7.17. The first-order chi connectivity index (χ1) is 30.2. The molecule has 0 saturated heterocycles. The molecule has 48 heteroatoms. The second-order valence-electron chi connectivity index (χ2n) is 8.82. The summed E-state index contributed by atoms with van der Waals surface area (Å²) in [7, 11) is -26.0. The molecule has 0 spiro atoms. The molecule has 0 aromatic heterocycles. The van der Waals surface area contributed by atoms with Crippen LogP contribution in [0.4, 0.5) is 0 Å². The number of rotatable bonds is 3. The molecule has 0 radical (unpaired) electrons. The fraction of sp³-hybridized carbons (Fsp3) is 0.0526. The molecule has 36 nitrogen and oxygen atoms in total. The summed E-state index contributed by atoms with van der Waals surface area (Å²) in [6.07, 6.45) is 0. The molecule has 67 heavy (non-hydrogen) atoms.